The van der Waals surface area contributed by atoms with Crippen LogP contribution in [0.3, 0.4) is 0 Å². The molecule has 0 aliphatic heterocycles. The van der Waals surface area contributed by atoms with Crippen LogP contribution >= 0.6 is 0 Å². The fourth-order valence-electron chi connectivity index (χ4n) is 1.48. The molecule has 0 aliphatic carbocycles. The van der Waals surface area contributed by atoms with Gasteiger partial charge in [0.05, 0.1) is 5.69 Å². The van der Waals surface area contributed by atoms with Crippen molar-refractivity contribution in [3.63, 3.8) is 0 Å². The highest BCUT2D eigenvalue weighted by molar-refractivity contribution is 5.59. The number of anilines is 1. The van der Waals surface area contributed by atoms with Crippen LogP contribution in [-0.2, 0) is 0 Å². The molecule has 2 N–H and O–H groups in total. The van der Waals surface area contributed by atoms with Gasteiger partial charge >= 0.3 is 0 Å². The van der Waals surface area contributed by atoms with E-state index in [9.17, 15) is 0 Å². The molecule has 0 spiro atoms. The summed E-state index contributed by atoms with van der Waals surface area (Å²) in [4.78, 5) is 3.96. The molecule has 0 amide bonds. The molecule has 0 atom stereocenters. The number of hydrogen-bond acceptors (Lipinski definition) is 5. The minimum atomic E-state index is 0.283. The molecular weight excluding hydrogens is 204 g/mol. The van der Waals surface area contributed by atoms with Gasteiger partial charge in [0, 0.05) is 18.0 Å². The maximum absolute atomic E-state index is 5.64. The van der Waals surface area contributed by atoms with Crippen molar-refractivity contribution < 1.29 is 0 Å². The molecule has 0 fully saturated rings. The summed E-state index contributed by atoms with van der Waals surface area (Å²) >= 11 is 0. The predicted molar refractivity (Wildman–Crippen MR) is 58.4 cm³/mol. The van der Waals surface area contributed by atoms with Crippen molar-refractivity contribution in [3.8, 4) is 11.3 Å². The van der Waals surface area contributed by atoms with Gasteiger partial charge in [-0.05, 0) is 24.3 Å². The summed E-state index contributed by atoms with van der Waals surface area (Å²) in [5.41, 5.74) is 8.06. The topological polar surface area (TPSA) is 82.0 Å². The van der Waals surface area contributed by atoms with E-state index in [1.165, 1.54) is 4.52 Å². The van der Waals surface area contributed by atoms with Gasteiger partial charge in [0.15, 0.2) is 5.65 Å². The quantitative estimate of drug-likeness (QED) is 0.644. The molecular formula is C10H8N6. The van der Waals surface area contributed by atoms with E-state index in [2.05, 4.69) is 20.3 Å². The molecule has 0 radical (unpaired) electrons. The van der Waals surface area contributed by atoms with E-state index in [1.807, 2.05) is 24.3 Å². The fourth-order valence-corrected chi connectivity index (χ4v) is 1.48. The van der Waals surface area contributed by atoms with Crippen LogP contribution in [0.5, 0.6) is 0 Å². The maximum Gasteiger partial charge on any atom is 0.243 e. The number of nitrogens with two attached hydrogens (primary N) is 1. The number of aromatic nitrogens is 5. The van der Waals surface area contributed by atoms with Crippen LogP contribution in [0.1, 0.15) is 0 Å². The van der Waals surface area contributed by atoms with Crippen LogP contribution in [0, 0.1) is 0 Å². The van der Waals surface area contributed by atoms with Gasteiger partial charge in [-0.2, -0.15) is 9.61 Å². The van der Waals surface area contributed by atoms with Crippen molar-refractivity contribution in [3.05, 3.63) is 36.7 Å². The molecule has 0 unspecified atom stereocenters. The highest BCUT2D eigenvalue weighted by Crippen LogP contribution is 2.16. The zero-order chi connectivity index (χ0) is 11.0. The second kappa shape index (κ2) is 3.27. The number of fused-ring (bicyclic) bond motifs is 1. The summed E-state index contributed by atoms with van der Waals surface area (Å²) in [6, 6.07) is 7.47. The largest absolute Gasteiger partial charge is 0.366 e. The van der Waals surface area contributed by atoms with E-state index in [4.69, 9.17) is 5.73 Å². The Kier molecular flexibility index (Phi) is 1.79. The van der Waals surface area contributed by atoms with Crippen molar-refractivity contribution in [2.75, 3.05) is 5.73 Å². The lowest BCUT2D eigenvalue weighted by atomic mass is 10.2. The highest BCUT2D eigenvalue weighted by Gasteiger charge is 2.05. The van der Waals surface area contributed by atoms with Gasteiger partial charge in [0.25, 0.3) is 0 Å². The Bertz CT molecular complexity index is 630. The lowest BCUT2D eigenvalue weighted by Gasteiger charge is -2.00. The second-order valence-corrected chi connectivity index (χ2v) is 3.28. The lowest BCUT2D eigenvalue weighted by molar-refractivity contribution is 0.946. The van der Waals surface area contributed by atoms with Gasteiger partial charge in [-0.1, -0.05) is 0 Å². The Morgan fingerprint density at radius 3 is 2.62 bits per heavy atom. The van der Waals surface area contributed by atoms with Crippen LogP contribution in [0.15, 0.2) is 36.7 Å². The van der Waals surface area contributed by atoms with Crippen LogP contribution in [0.25, 0.3) is 16.9 Å². The summed E-state index contributed by atoms with van der Waals surface area (Å²) in [7, 11) is 0. The van der Waals surface area contributed by atoms with E-state index in [-0.39, 0.29) is 5.95 Å². The Labute approximate surface area is 90.8 Å². The van der Waals surface area contributed by atoms with Gasteiger partial charge < -0.3 is 5.73 Å². The molecule has 3 heterocycles. The molecule has 0 aliphatic rings. The molecule has 0 aromatic carbocycles. The van der Waals surface area contributed by atoms with Crippen molar-refractivity contribution in [2.24, 2.45) is 0 Å². The van der Waals surface area contributed by atoms with Gasteiger partial charge in [-0.25, -0.2) is 0 Å². The molecule has 0 saturated heterocycles. The fraction of sp³-hybridized carbons (Fsp3) is 0. The van der Waals surface area contributed by atoms with Gasteiger partial charge in [-0.15, -0.1) is 10.2 Å². The first-order valence-electron chi connectivity index (χ1n) is 4.73. The molecule has 78 valence electrons. The minimum absolute atomic E-state index is 0.283. The van der Waals surface area contributed by atoms with Crippen molar-refractivity contribution in [2.45, 2.75) is 0 Å². The normalized spacial score (nSPS) is 10.8. The Morgan fingerprint density at radius 2 is 1.81 bits per heavy atom. The smallest absolute Gasteiger partial charge is 0.243 e. The van der Waals surface area contributed by atoms with E-state index < -0.39 is 0 Å². The summed E-state index contributed by atoms with van der Waals surface area (Å²) < 4.78 is 1.51. The van der Waals surface area contributed by atoms with Crippen LogP contribution in [-0.4, -0.2) is 24.8 Å². The number of nitrogen functional groups attached to an aromatic ring is 1. The van der Waals surface area contributed by atoms with Crippen molar-refractivity contribution in [1.82, 2.24) is 24.8 Å². The summed E-state index contributed by atoms with van der Waals surface area (Å²) in [6.45, 7) is 0. The first kappa shape index (κ1) is 8.78. The Hall–Kier alpha value is -2.50. The zero-order valence-corrected chi connectivity index (χ0v) is 8.28. The first-order chi connectivity index (χ1) is 7.84. The number of rotatable bonds is 1. The lowest BCUT2D eigenvalue weighted by Crippen LogP contribution is -1.99. The molecule has 0 bridgehead atoms. The number of hydrogen-bond donors (Lipinski definition) is 1. The summed E-state index contributed by atoms with van der Waals surface area (Å²) in [6.07, 6.45) is 3.44. The number of nitrogens with zero attached hydrogens (tertiary/aromatic N) is 5. The average Bonchev–Trinajstić information content (AvgIpc) is 2.72. The molecule has 16 heavy (non-hydrogen) atoms. The van der Waals surface area contributed by atoms with E-state index in [0.717, 1.165) is 11.3 Å². The molecule has 3 rings (SSSR count). The van der Waals surface area contributed by atoms with Crippen LogP contribution in [0.2, 0.25) is 0 Å². The van der Waals surface area contributed by atoms with Gasteiger partial charge in [0.1, 0.15) is 0 Å². The minimum Gasteiger partial charge on any atom is -0.366 e. The first-order valence-corrected chi connectivity index (χ1v) is 4.73. The van der Waals surface area contributed by atoms with E-state index in [0.29, 0.717) is 5.65 Å². The molecule has 6 heteroatoms. The molecule has 0 saturated carbocycles. The third-order valence-electron chi connectivity index (χ3n) is 2.26. The van der Waals surface area contributed by atoms with Gasteiger partial charge in [-0.3, -0.25) is 4.98 Å². The molecule has 3 aromatic rings. The summed E-state index contributed by atoms with van der Waals surface area (Å²) in [5, 5.41) is 12.0. The van der Waals surface area contributed by atoms with E-state index in [1.54, 1.807) is 12.4 Å². The average molecular weight is 212 g/mol. The predicted octanol–water partition coefficient (Wildman–Crippen LogP) is 0.768. The Morgan fingerprint density at radius 1 is 1.00 bits per heavy atom. The second-order valence-electron chi connectivity index (χ2n) is 3.28. The third kappa shape index (κ3) is 1.28. The third-order valence-corrected chi connectivity index (χ3v) is 2.26. The van der Waals surface area contributed by atoms with Crippen LogP contribution in [0.4, 0.5) is 5.95 Å². The summed E-state index contributed by atoms with van der Waals surface area (Å²) in [5.74, 6) is 0.283. The standard InChI is InChI=1S/C10H8N6/c11-10-14-13-9-2-1-8(15-16(9)10)7-3-5-12-6-4-7/h1-6H,(H2,11,14). The number of pyridine rings is 1. The molecule has 3 aromatic heterocycles. The zero-order valence-electron chi connectivity index (χ0n) is 8.28. The highest BCUT2D eigenvalue weighted by atomic mass is 15.4. The van der Waals surface area contributed by atoms with Crippen molar-refractivity contribution >= 4 is 11.6 Å². The monoisotopic (exact) mass is 212 g/mol. The van der Waals surface area contributed by atoms with Gasteiger partial charge in [0.2, 0.25) is 5.95 Å². The maximum atomic E-state index is 5.64. The Balaban J connectivity index is 2.22. The SMILES string of the molecule is Nc1nnc2ccc(-c3ccncc3)nn12. The molecule has 6 nitrogen and oxygen atoms in total. The van der Waals surface area contributed by atoms with Crippen molar-refractivity contribution in [1.29, 1.82) is 0 Å². The van der Waals surface area contributed by atoms with Crippen LogP contribution < -0.4 is 5.73 Å². The van der Waals surface area contributed by atoms with E-state index >= 15 is 0 Å².